The summed E-state index contributed by atoms with van der Waals surface area (Å²) in [5.74, 6) is -0.765. The van der Waals surface area contributed by atoms with Gasteiger partial charge in [-0.25, -0.2) is 4.79 Å². The van der Waals surface area contributed by atoms with E-state index in [9.17, 15) is 9.59 Å². The van der Waals surface area contributed by atoms with E-state index < -0.39 is 12.0 Å². The average Bonchev–Trinajstić information content (AvgIpc) is 2.73. The molecule has 0 bridgehead atoms. The SMILES string of the molecule is COC(=O)[C@@H](Cc1cccc(C)c1)NC(=O)c1ccc(-c2ccccc2)cc1. The van der Waals surface area contributed by atoms with E-state index in [-0.39, 0.29) is 5.91 Å². The number of esters is 1. The number of carbonyl (C=O) groups excluding carboxylic acids is 2. The molecule has 142 valence electrons. The van der Waals surface area contributed by atoms with Gasteiger partial charge in [0.25, 0.3) is 5.91 Å². The second-order valence-electron chi connectivity index (χ2n) is 6.69. The molecule has 0 unspecified atom stereocenters. The van der Waals surface area contributed by atoms with Gasteiger partial charge in [0.05, 0.1) is 7.11 Å². The van der Waals surface area contributed by atoms with Gasteiger partial charge >= 0.3 is 5.97 Å². The summed E-state index contributed by atoms with van der Waals surface area (Å²) < 4.78 is 4.87. The fourth-order valence-electron chi connectivity index (χ4n) is 3.10. The first-order valence-corrected chi connectivity index (χ1v) is 9.16. The zero-order chi connectivity index (χ0) is 19.9. The van der Waals surface area contributed by atoms with Crippen molar-refractivity contribution in [1.82, 2.24) is 5.32 Å². The van der Waals surface area contributed by atoms with Crippen LogP contribution in [0.1, 0.15) is 21.5 Å². The summed E-state index contributed by atoms with van der Waals surface area (Å²) in [7, 11) is 1.33. The summed E-state index contributed by atoms with van der Waals surface area (Å²) in [6.45, 7) is 1.99. The number of methoxy groups -OCH3 is 1. The summed E-state index contributed by atoms with van der Waals surface area (Å²) in [5.41, 5.74) is 4.68. The van der Waals surface area contributed by atoms with Gasteiger partial charge in [-0.1, -0.05) is 72.3 Å². The number of ether oxygens (including phenoxy) is 1. The van der Waals surface area contributed by atoms with Gasteiger partial charge in [-0.2, -0.15) is 0 Å². The smallest absolute Gasteiger partial charge is 0.328 e. The maximum Gasteiger partial charge on any atom is 0.328 e. The molecule has 0 aromatic heterocycles. The Labute approximate surface area is 165 Å². The highest BCUT2D eigenvalue weighted by molar-refractivity contribution is 5.97. The Morgan fingerprint density at radius 2 is 1.57 bits per heavy atom. The van der Waals surface area contributed by atoms with Crippen molar-refractivity contribution in [3.05, 3.63) is 95.6 Å². The van der Waals surface area contributed by atoms with Crippen molar-refractivity contribution in [2.75, 3.05) is 7.11 Å². The average molecular weight is 373 g/mol. The van der Waals surface area contributed by atoms with Crippen molar-refractivity contribution in [3.63, 3.8) is 0 Å². The molecule has 3 aromatic carbocycles. The van der Waals surface area contributed by atoms with Gasteiger partial charge in [-0.05, 0) is 35.7 Å². The Kier molecular flexibility index (Phi) is 6.22. The zero-order valence-electron chi connectivity index (χ0n) is 16.0. The largest absolute Gasteiger partial charge is 0.467 e. The Balaban J connectivity index is 1.73. The van der Waals surface area contributed by atoms with Crippen LogP contribution in [0.3, 0.4) is 0 Å². The highest BCUT2D eigenvalue weighted by atomic mass is 16.5. The number of amides is 1. The lowest BCUT2D eigenvalue weighted by molar-refractivity contribution is -0.142. The van der Waals surface area contributed by atoms with Crippen molar-refractivity contribution in [2.45, 2.75) is 19.4 Å². The molecular formula is C24H23NO3. The summed E-state index contributed by atoms with van der Waals surface area (Å²) in [5, 5.41) is 2.80. The highest BCUT2D eigenvalue weighted by Gasteiger charge is 2.22. The van der Waals surface area contributed by atoms with E-state index in [0.717, 1.165) is 22.3 Å². The molecule has 0 aliphatic heterocycles. The Hall–Kier alpha value is -3.40. The molecule has 1 N–H and O–H groups in total. The van der Waals surface area contributed by atoms with E-state index >= 15 is 0 Å². The standard InChI is InChI=1S/C24H23NO3/c1-17-7-6-8-18(15-17)16-22(24(27)28-2)25-23(26)21-13-11-20(12-14-21)19-9-4-3-5-10-19/h3-15,22H,16H2,1-2H3,(H,25,26)/t22-/m1/s1. The van der Waals surface area contributed by atoms with Gasteiger partial charge in [0, 0.05) is 12.0 Å². The fraction of sp³-hybridized carbons (Fsp3) is 0.167. The fourth-order valence-corrected chi connectivity index (χ4v) is 3.10. The summed E-state index contributed by atoms with van der Waals surface area (Å²) in [6.07, 6.45) is 0.377. The van der Waals surface area contributed by atoms with Crippen molar-refractivity contribution in [2.24, 2.45) is 0 Å². The second kappa shape index (κ2) is 9.00. The molecule has 0 fully saturated rings. The first-order chi connectivity index (χ1) is 13.6. The van der Waals surface area contributed by atoms with Crippen LogP contribution in [-0.4, -0.2) is 25.0 Å². The van der Waals surface area contributed by atoms with Crippen LogP contribution in [0.2, 0.25) is 0 Å². The summed E-state index contributed by atoms with van der Waals surface area (Å²) >= 11 is 0. The minimum atomic E-state index is -0.743. The predicted molar refractivity (Wildman–Crippen MR) is 110 cm³/mol. The third-order valence-corrected chi connectivity index (χ3v) is 4.57. The quantitative estimate of drug-likeness (QED) is 0.660. The maximum atomic E-state index is 12.7. The summed E-state index contributed by atoms with van der Waals surface area (Å²) in [4.78, 5) is 24.8. The van der Waals surface area contributed by atoms with Crippen LogP contribution in [0.4, 0.5) is 0 Å². The van der Waals surface area contributed by atoms with Crippen LogP contribution in [0, 0.1) is 6.92 Å². The Morgan fingerprint density at radius 3 is 2.21 bits per heavy atom. The van der Waals surface area contributed by atoms with Crippen molar-refractivity contribution in [1.29, 1.82) is 0 Å². The molecular weight excluding hydrogens is 350 g/mol. The molecule has 4 heteroatoms. The number of nitrogens with one attached hydrogen (secondary N) is 1. The predicted octanol–water partition coefficient (Wildman–Crippen LogP) is 4.18. The van der Waals surface area contributed by atoms with Crippen molar-refractivity contribution < 1.29 is 14.3 Å². The zero-order valence-corrected chi connectivity index (χ0v) is 16.0. The molecule has 0 spiro atoms. The van der Waals surface area contributed by atoms with Crippen LogP contribution in [0.5, 0.6) is 0 Å². The molecule has 4 nitrogen and oxygen atoms in total. The second-order valence-corrected chi connectivity index (χ2v) is 6.69. The minimum Gasteiger partial charge on any atom is -0.467 e. The Morgan fingerprint density at radius 1 is 0.893 bits per heavy atom. The minimum absolute atomic E-state index is 0.303. The lowest BCUT2D eigenvalue weighted by Crippen LogP contribution is -2.43. The number of rotatable bonds is 6. The van der Waals surface area contributed by atoms with Gasteiger partial charge in [-0.15, -0.1) is 0 Å². The normalized spacial score (nSPS) is 11.5. The topological polar surface area (TPSA) is 55.4 Å². The molecule has 0 saturated carbocycles. The molecule has 28 heavy (non-hydrogen) atoms. The highest BCUT2D eigenvalue weighted by Crippen LogP contribution is 2.19. The van der Waals surface area contributed by atoms with E-state index in [4.69, 9.17) is 4.74 Å². The monoisotopic (exact) mass is 373 g/mol. The number of aryl methyl sites for hydroxylation is 1. The lowest BCUT2D eigenvalue weighted by atomic mass is 10.0. The van der Waals surface area contributed by atoms with E-state index in [1.807, 2.05) is 73.7 Å². The molecule has 0 radical (unpaired) electrons. The van der Waals surface area contributed by atoms with E-state index in [1.54, 1.807) is 12.1 Å². The van der Waals surface area contributed by atoms with E-state index in [1.165, 1.54) is 7.11 Å². The van der Waals surface area contributed by atoms with E-state index in [0.29, 0.717) is 12.0 Å². The number of hydrogen-bond donors (Lipinski definition) is 1. The molecule has 3 rings (SSSR count). The number of benzene rings is 3. The third-order valence-electron chi connectivity index (χ3n) is 4.57. The van der Waals surface area contributed by atoms with Gasteiger partial charge in [0.1, 0.15) is 6.04 Å². The van der Waals surface area contributed by atoms with Crippen LogP contribution in [0.15, 0.2) is 78.9 Å². The molecule has 3 aromatic rings. The van der Waals surface area contributed by atoms with E-state index in [2.05, 4.69) is 5.32 Å². The van der Waals surface area contributed by atoms with Crippen molar-refractivity contribution >= 4 is 11.9 Å². The molecule has 0 aliphatic carbocycles. The van der Waals surface area contributed by atoms with Crippen molar-refractivity contribution in [3.8, 4) is 11.1 Å². The first-order valence-electron chi connectivity index (χ1n) is 9.16. The van der Waals surface area contributed by atoms with Gasteiger partial charge in [0.2, 0.25) is 0 Å². The van der Waals surface area contributed by atoms with Crippen LogP contribution in [-0.2, 0) is 16.0 Å². The maximum absolute atomic E-state index is 12.7. The molecule has 1 amide bonds. The molecule has 0 saturated heterocycles. The van der Waals surface area contributed by atoms with Gasteiger partial charge in [-0.3, -0.25) is 4.79 Å². The van der Waals surface area contributed by atoms with Gasteiger partial charge in [0.15, 0.2) is 0 Å². The van der Waals surface area contributed by atoms with Crippen LogP contribution in [0.25, 0.3) is 11.1 Å². The van der Waals surface area contributed by atoms with Crippen LogP contribution >= 0.6 is 0 Å². The van der Waals surface area contributed by atoms with Gasteiger partial charge < -0.3 is 10.1 Å². The summed E-state index contributed by atoms with van der Waals surface area (Å²) in [6, 6.07) is 24.4. The number of carbonyl (C=O) groups is 2. The molecule has 0 aliphatic rings. The molecule has 1 atom stereocenters. The number of hydrogen-bond acceptors (Lipinski definition) is 3. The third kappa shape index (κ3) is 4.86. The first kappa shape index (κ1) is 19.4. The van der Waals surface area contributed by atoms with Crippen LogP contribution < -0.4 is 5.32 Å². The Bertz CT molecular complexity index is 949. The molecule has 0 heterocycles. The lowest BCUT2D eigenvalue weighted by Gasteiger charge is -2.17.